The smallest absolute Gasteiger partial charge is 0.287 e. The van der Waals surface area contributed by atoms with Crippen molar-refractivity contribution in [1.82, 2.24) is 10.6 Å². The molecule has 3 rings (SSSR count). The number of carbonyl (C=O) groups excluding carboxylic acids is 3. The second-order valence-corrected chi connectivity index (χ2v) is 6.99. The molecule has 0 aliphatic heterocycles. The lowest BCUT2D eigenvalue weighted by molar-refractivity contribution is -0.118. The molecule has 3 N–H and O–H groups in total. The Hall–Kier alpha value is -3.09. The SMILES string of the molecule is CC(C)C(NC(=O)c1ccco1)C(=O)Nc1cccc(C(=O)NC2CC2)c1. The van der Waals surface area contributed by atoms with Gasteiger partial charge in [0.2, 0.25) is 5.91 Å². The fourth-order valence-electron chi connectivity index (χ4n) is 2.61. The van der Waals surface area contributed by atoms with Crippen molar-refractivity contribution in [3.8, 4) is 0 Å². The van der Waals surface area contributed by atoms with E-state index in [9.17, 15) is 14.4 Å². The van der Waals surface area contributed by atoms with Crippen LogP contribution in [0.25, 0.3) is 0 Å². The second-order valence-electron chi connectivity index (χ2n) is 6.99. The van der Waals surface area contributed by atoms with Crippen LogP contribution in [0.4, 0.5) is 5.69 Å². The zero-order valence-electron chi connectivity index (χ0n) is 15.3. The molecule has 1 heterocycles. The first-order valence-electron chi connectivity index (χ1n) is 9.00. The number of carbonyl (C=O) groups is 3. The van der Waals surface area contributed by atoms with Crippen LogP contribution in [-0.2, 0) is 4.79 Å². The number of nitrogens with one attached hydrogen (secondary N) is 3. The first kappa shape index (κ1) is 18.7. The number of rotatable bonds is 7. The Kier molecular flexibility index (Phi) is 5.59. The molecule has 1 atom stereocenters. The Bertz CT molecular complexity index is 826. The van der Waals surface area contributed by atoms with E-state index in [4.69, 9.17) is 4.42 Å². The van der Waals surface area contributed by atoms with Crippen molar-refractivity contribution in [1.29, 1.82) is 0 Å². The minimum atomic E-state index is -0.744. The highest BCUT2D eigenvalue weighted by Crippen LogP contribution is 2.20. The van der Waals surface area contributed by atoms with Crippen molar-refractivity contribution >= 4 is 23.4 Å². The summed E-state index contributed by atoms with van der Waals surface area (Å²) >= 11 is 0. The highest BCUT2D eigenvalue weighted by molar-refractivity contribution is 6.01. The van der Waals surface area contributed by atoms with Crippen LogP contribution in [-0.4, -0.2) is 29.8 Å². The minimum Gasteiger partial charge on any atom is -0.459 e. The maximum absolute atomic E-state index is 12.7. The van der Waals surface area contributed by atoms with E-state index in [2.05, 4.69) is 16.0 Å². The van der Waals surface area contributed by atoms with Gasteiger partial charge >= 0.3 is 0 Å². The Morgan fingerprint density at radius 1 is 1.07 bits per heavy atom. The molecule has 0 saturated heterocycles. The van der Waals surface area contributed by atoms with E-state index < -0.39 is 11.9 Å². The summed E-state index contributed by atoms with van der Waals surface area (Å²) in [5, 5.41) is 8.37. The van der Waals surface area contributed by atoms with Gasteiger partial charge in [0.15, 0.2) is 5.76 Å². The predicted octanol–water partition coefficient (Wildman–Crippen LogP) is 2.56. The average Bonchev–Trinajstić information content (AvgIpc) is 3.27. The number of benzene rings is 1. The summed E-state index contributed by atoms with van der Waals surface area (Å²) in [6.07, 6.45) is 3.42. The fourth-order valence-corrected chi connectivity index (χ4v) is 2.61. The topological polar surface area (TPSA) is 100 Å². The van der Waals surface area contributed by atoms with E-state index in [1.54, 1.807) is 30.3 Å². The molecular formula is C20H23N3O4. The van der Waals surface area contributed by atoms with Crippen molar-refractivity contribution in [2.45, 2.75) is 38.8 Å². The Labute approximate surface area is 157 Å². The maximum Gasteiger partial charge on any atom is 0.287 e. The number of hydrogen-bond acceptors (Lipinski definition) is 4. The number of amides is 3. The largest absolute Gasteiger partial charge is 0.459 e. The van der Waals surface area contributed by atoms with Crippen molar-refractivity contribution in [2.75, 3.05) is 5.32 Å². The molecule has 1 aliphatic rings. The summed E-state index contributed by atoms with van der Waals surface area (Å²) in [7, 11) is 0. The summed E-state index contributed by atoms with van der Waals surface area (Å²) in [6.45, 7) is 3.68. The maximum atomic E-state index is 12.7. The third-order valence-corrected chi connectivity index (χ3v) is 4.29. The third-order valence-electron chi connectivity index (χ3n) is 4.29. The normalized spacial score (nSPS) is 14.5. The first-order valence-corrected chi connectivity index (χ1v) is 9.00. The molecule has 27 heavy (non-hydrogen) atoms. The van der Waals surface area contributed by atoms with Gasteiger partial charge in [-0.1, -0.05) is 19.9 Å². The molecule has 7 heteroatoms. The molecular weight excluding hydrogens is 346 g/mol. The quantitative estimate of drug-likeness (QED) is 0.698. The molecule has 0 spiro atoms. The van der Waals surface area contributed by atoms with Crippen LogP contribution in [0.3, 0.4) is 0 Å². The first-order chi connectivity index (χ1) is 12.9. The van der Waals surface area contributed by atoms with E-state index in [1.165, 1.54) is 12.3 Å². The van der Waals surface area contributed by atoms with Gasteiger partial charge in [0.05, 0.1) is 6.26 Å². The average molecular weight is 369 g/mol. The van der Waals surface area contributed by atoms with Crippen LogP contribution in [0.1, 0.15) is 47.6 Å². The Balaban J connectivity index is 1.66. The molecule has 142 valence electrons. The molecule has 1 aromatic heterocycles. The van der Waals surface area contributed by atoms with Gasteiger partial charge < -0.3 is 20.4 Å². The molecule has 2 aromatic rings. The van der Waals surface area contributed by atoms with Gasteiger partial charge in [-0.25, -0.2) is 0 Å². The van der Waals surface area contributed by atoms with Crippen molar-refractivity contribution in [3.05, 3.63) is 54.0 Å². The van der Waals surface area contributed by atoms with Gasteiger partial charge in [-0.05, 0) is 49.1 Å². The summed E-state index contributed by atoms with van der Waals surface area (Å²) in [6, 6.07) is 9.41. The van der Waals surface area contributed by atoms with E-state index in [0.29, 0.717) is 11.3 Å². The fraction of sp³-hybridized carbons (Fsp3) is 0.350. The van der Waals surface area contributed by atoms with Gasteiger partial charge in [-0.2, -0.15) is 0 Å². The van der Waals surface area contributed by atoms with Crippen LogP contribution in [0.15, 0.2) is 47.1 Å². The zero-order valence-corrected chi connectivity index (χ0v) is 15.3. The van der Waals surface area contributed by atoms with Crippen molar-refractivity contribution in [3.63, 3.8) is 0 Å². The number of hydrogen-bond donors (Lipinski definition) is 3. The second kappa shape index (κ2) is 8.07. The summed E-state index contributed by atoms with van der Waals surface area (Å²) in [5.41, 5.74) is 0.988. The van der Waals surface area contributed by atoms with Gasteiger partial charge in [-0.15, -0.1) is 0 Å². The van der Waals surface area contributed by atoms with E-state index >= 15 is 0 Å². The number of anilines is 1. The molecule has 7 nitrogen and oxygen atoms in total. The van der Waals surface area contributed by atoms with E-state index in [-0.39, 0.29) is 29.5 Å². The van der Waals surface area contributed by atoms with Crippen LogP contribution in [0, 0.1) is 5.92 Å². The lowest BCUT2D eigenvalue weighted by Crippen LogP contribution is -2.47. The molecule has 0 radical (unpaired) electrons. The number of furan rings is 1. The van der Waals surface area contributed by atoms with Gasteiger partial charge in [0.1, 0.15) is 6.04 Å². The van der Waals surface area contributed by atoms with Crippen LogP contribution in [0.5, 0.6) is 0 Å². The standard InChI is InChI=1S/C20H23N3O4/c1-12(2)17(23-19(25)16-7-4-10-27-16)20(26)22-15-6-3-5-13(11-15)18(24)21-14-8-9-14/h3-7,10-12,14,17H,8-9H2,1-2H3,(H,21,24)(H,22,26)(H,23,25). The van der Waals surface area contributed by atoms with Gasteiger partial charge in [0.25, 0.3) is 11.8 Å². The zero-order chi connectivity index (χ0) is 19.4. The van der Waals surface area contributed by atoms with Crippen LogP contribution >= 0.6 is 0 Å². The van der Waals surface area contributed by atoms with Crippen molar-refractivity contribution in [2.24, 2.45) is 5.92 Å². The monoisotopic (exact) mass is 369 g/mol. The molecule has 3 amide bonds. The molecule has 1 unspecified atom stereocenters. The lowest BCUT2D eigenvalue weighted by atomic mass is 10.0. The highest BCUT2D eigenvalue weighted by atomic mass is 16.3. The minimum absolute atomic E-state index is 0.134. The predicted molar refractivity (Wildman–Crippen MR) is 100 cm³/mol. The summed E-state index contributed by atoms with van der Waals surface area (Å²) in [5.74, 6) is -0.950. The van der Waals surface area contributed by atoms with Gasteiger partial charge in [0, 0.05) is 17.3 Å². The Morgan fingerprint density at radius 3 is 2.48 bits per heavy atom. The highest BCUT2D eigenvalue weighted by Gasteiger charge is 2.26. The molecule has 1 fully saturated rings. The third kappa shape index (κ3) is 4.97. The Morgan fingerprint density at radius 2 is 1.85 bits per heavy atom. The van der Waals surface area contributed by atoms with Crippen LogP contribution < -0.4 is 16.0 Å². The van der Waals surface area contributed by atoms with E-state index in [0.717, 1.165) is 12.8 Å². The molecule has 1 saturated carbocycles. The van der Waals surface area contributed by atoms with E-state index in [1.807, 2.05) is 13.8 Å². The molecule has 0 bridgehead atoms. The molecule has 1 aromatic carbocycles. The van der Waals surface area contributed by atoms with Gasteiger partial charge in [-0.3, -0.25) is 14.4 Å². The summed E-state index contributed by atoms with van der Waals surface area (Å²) < 4.78 is 5.06. The molecule has 1 aliphatic carbocycles. The summed E-state index contributed by atoms with van der Waals surface area (Å²) in [4.78, 5) is 37.0. The lowest BCUT2D eigenvalue weighted by Gasteiger charge is -2.21. The van der Waals surface area contributed by atoms with Crippen LogP contribution in [0.2, 0.25) is 0 Å². The van der Waals surface area contributed by atoms with Crippen molar-refractivity contribution < 1.29 is 18.8 Å².